The molecule has 0 saturated heterocycles. The molecule has 5 heteroatoms. The van der Waals surface area contributed by atoms with Gasteiger partial charge in [0, 0.05) is 32.4 Å². The van der Waals surface area contributed by atoms with E-state index in [-0.39, 0.29) is 5.91 Å². The van der Waals surface area contributed by atoms with Gasteiger partial charge in [0.2, 0.25) is 0 Å². The number of anilines is 1. The molecule has 0 aliphatic heterocycles. The first-order chi connectivity index (χ1) is 7.56. The number of carbonyl (C=O) groups excluding carboxylic acids is 1. The van der Waals surface area contributed by atoms with Gasteiger partial charge in [0.25, 0.3) is 5.91 Å². The number of aromatic nitrogens is 1. The third-order valence-corrected chi connectivity index (χ3v) is 2.08. The molecule has 1 heterocycles. The molecule has 2 N–H and O–H groups in total. The molecule has 16 heavy (non-hydrogen) atoms. The van der Waals surface area contributed by atoms with E-state index >= 15 is 0 Å². The van der Waals surface area contributed by atoms with Gasteiger partial charge in [0.1, 0.15) is 5.82 Å². The van der Waals surface area contributed by atoms with E-state index < -0.39 is 0 Å². The second-order valence-electron chi connectivity index (χ2n) is 3.67. The number of amides is 1. The minimum Gasteiger partial charge on any atom is -0.373 e. The number of aryl methyl sites for hydroxylation is 1. The maximum absolute atomic E-state index is 11.8. The normalized spacial score (nSPS) is 10.3. The Morgan fingerprint density at radius 2 is 2.12 bits per heavy atom. The van der Waals surface area contributed by atoms with Crippen LogP contribution in [-0.2, 0) is 6.42 Å². The molecule has 0 aliphatic rings. The first kappa shape index (κ1) is 12.4. The van der Waals surface area contributed by atoms with Crippen molar-refractivity contribution < 1.29 is 4.79 Å². The second-order valence-corrected chi connectivity index (χ2v) is 3.67. The van der Waals surface area contributed by atoms with Gasteiger partial charge in [-0.3, -0.25) is 10.2 Å². The first-order valence-electron chi connectivity index (χ1n) is 5.23. The van der Waals surface area contributed by atoms with E-state index in [0.717, 1.165) is 12.1 Å². The maximum Gasteiger partial charge on any atom is 0.265 e. The zero-order chi connectivity index (χ0) is 12.1. The Labute approximate surface area is 95.8 Å². The Balaban J connectivity index is 2.98. The van der Waals surface area contributed by atoms with E-state index in [1.165, 1.54) is 0 Å². The highest BCUT2D eigenvalue weighted by Gasteiger charge is 2.09. The van der Waals surface area contributed by atoms with Crippen molar-refractivity contribution in [3.63, 3.8) is 0 Å². The molecule has 0 aromatic carbocycles. The third-order valence-electron chi connectivity index (χ3n) is 2.08. The molecule has 1 rings (SSSR count). The van der Waals surface area contributed by atoms with E-state index in [0.29, 0.717) is 11.4 Å². The average Bonchev–Trinajstić information content (AvgIpc) is 2.27. The number of rotatable bonds is 4. The minimum absolute atomic E-state index is 0.126. The Hall–Kier alpha value is -1.62. The smallest absolute Gasteiger partial charge is 0.265 e. The van der Waals surface area contributed by atoms with Crippen molar-refractivity contribution in [2.24, 2.45) is 0 Å². The van der Waals surface area contributed by atoms with E-state index in [1.807, 2.05) is 6.92 Å². The molecule has 0 saturated carbocycles. The van der Waals surface area contributed by atoms with Crippen molar-refractivity contribution in [3.8, 4) is 0 Å². The SMILES string of the molecule is CCc1cc(C(=O)NN(C)C)cc(NC)n1. The molecule has 0 bridgehead atoms. The number of nitrogens with one attached hydrogen (secondary N) is 2. The number of carbonyl (C=O) groups is 1. The summed E-state index contributed by atoms with van der Waals surface area (Å²) < 4.78 is 0. The highest BCUT2D eigenvalue weighted by molar-refractivity contribution is 5.94. The summed E-state index contributed by atoms with van der Waals surface area (Å²) in [5, 5.41) is 4.56. The predicted octanol–water partition coefficient (Wildman–Crippen LogP) is 0.892. The van der Waals surface area contributed by atoms with Crippen LogP contribution in [0.2, 0.25) is 0 Å². The summed E-state index contributed by atoms with van der Waals surface area (Å²) in [6.07, 6.45) is 0.803. The van der Waals surface area contributed by atoms with Crippen molar-refractivity contribution in [1.29, 1.82) is 0 Å². The van der Waals surface area contributed by atoms with Crippen LogP contribution in [-0.4, -0.2) is 37.0 Å². The van der Waals surface area contributed by atoms with Crippen LogP contribution in [0.3, 0.4) is 0 Å². The Kier molecular flexibility index (Phi) is 4.25. The summed E-state index contributed by atoms with van der Waals surface area (Å²) >= 11 is 0. The zero-order valence-corrected chi connectivity index (χ0v) is 10.2. The zero-order valence-electron chi connectivity index (χ0n) is 10.2. The fraction of sp³-hybridized carbons (Fsp3) is 0.455. The van der Waals surface area contributed by atoms with Crippen molar-refractivity contribution >= 4 is 11.7 Å². The van der Waals surface area contributed by atoms with Crippen LogP contribution in [0, 0.1) is 0 Å². The highest BCUT2D eigenvalue weighted by atomic mass is 16.2. The molecule has 0 unspecified atom stereocenters. The van der Waals surface area contributed by atoms with Crippen molar-refractivity contribution in [3.05, 3.63) is 23.4 Å². The summed E-state index contributed by atoms with van der Waals surface area (Å²) in [7, 11) is 5.34. The number of hydrogen-bond acceptors (Lipinski definition) is 4. The van der Waals surface area contributed by atoms with Gasteiger partial charge in [-0.25, -0.2) is 9.99 Å². The standard InChI is InChI=1S/C11H18N4O/c1-5-9-6-8(7-10(12-2)13-9)11(16)14-15(3)4/h6-7H,5H2,1-4H3,(H,12,13)(H,14,16). The Morgan fingerprint density at radius 3 is 2.62 bits per heavy atom. The van der Waals surface area contributed by atoms with Crippen LogP contribution in [0.5, 0.6) is 0 Å². The fourth-order valence-electron chi connectivity index (χ4n) is 1.30. The average molecular weight is 222 g/mol. The first-order valence-corrected chi connectivity index (χ1v) is 5.23. The lowest BCUT2D eigenvalue weighted by Crippen LogP contribution is -2.36. The number of nitrogens with zero attached hydrogens (tertiary/aromatic N) is 2. The van der Waals surface area contributed by atoms with Gasteiger partial charge >= 0.3 is 0 Å². The molecule has 5 nitrogen and oxygen atoms in total. The second kappa shape index (κ2) is 5.46. The van der Waals surface area contributed by atoms with E-state index in [4.69, 9.17) is 0 Å². The molecule has 0 fully saturated rings. The van der Waals surface area contributed by atoms with Crippen molar-refractivity contribution in [2.45, 2.75) is 13.3 Å². The van der Waals surface area contributed by atoms with E-state index in [2.05, 4.69) is 15.7 Å². The van der Waals surface area contributed by atoms with Gasteiger partial charge in [-0.2, -0.15) is 0 Å². The van der Waals surface area contributed by atoms with Crippen molar-refractivity contribution in [2.75, 3.05) is 26.5 Å². The largest absolute Gasteiger partial charge is 0.373 e. The Bertz CT molecular complexity index is 354. The van der Waals surface area contributed by atoms with E-state index in [9.17, 15) is 4.79 Å². The molecule has 0 spiro atoms. The van der Waals surface area contributed by atoms with Crippen LogP contribution < -0.4 is 10.7 Å². The van der Waals surface area contributed by atoms with Gasteiger partial charge in [-0.05, 0) is 18.6 Å². The quantitative estimate of drug-likeness (QED) is 0.743. The summed E-state index contributed by atoms with van der Waals surface area (Å²) in [6.45, 7) is 2.01. The molecule has 1 aromatic rings. The minimum atomic E-state index is -0.126. The highest BCUT2D eigenvalue weighted by Crippen LogP contribution is 2.10. The van der Waals surface area contributed by atoms with Gasteiger partial charge in [-0.1, -0.05) is 6.92 Å². The molecule has 0 radical (unpaired) electrons. The Morgan fingerprint density at radius 1 is 1.44 bits per heavy atom. The molecule has 88 valence electrons. The van der Waals surface area contributed by atoms with Gasteiger partial charge in [0.05, 0.1) is 0 Å². The third kappa shape index (κ3) is 3.20. The lowest BCUT2D eigenvalue weighted by Gasteiger charge is -2.13. The van der Waals surface area contributed by atoms with Crippen LogP contribution >= 0.6 is 0 Å². The lowest BCUT2D eigenvalue weighted by molar-refractivity contribution is 0.0856. The molecule has 0 aliphatic carbocycles. The van der Waals surface area contributed by atoms with Crippen LogP contribution in [0.25, 0.3) is 0 Å². The molecule has 1 amide bonds. The van der Waals surface area contributed by atoms with Gasteiger partial charge < -0.3 is 5.32 Å². The lowest BCUT2D eigenvalue weighted by atomic mass is 10.2. The molecular formula is C11H18N4O. The maximum atomic E-state index is 11.8. The van der Waals surface area contributed by atoms with Crippen LogP contribution in [0.4, 0.5) is 5.82 Å². The molecule has 1 aromatic heterocycles. The van der Waals surface area contributed by atoms with E-state index in [1.54, 1.807) is 38.3 Å². The molecule has 0 atom stereocenters. The number of pyridine rings is 1. The summed E-state index contributed by atoms with van der Waals surface area (Å²) in [5.74, 6) is 0.585. The monoisotopic (exact) mass is 222 g/mol. The topological polar surface area (TPSA) is 57.3 Å². The van der Waals surface area contributed by atoms with Crippen LogP contribution in [0.15, 0.2) is 12.1 Å². The predicted molar refractivity (Wildman–Crippen MR) is 64.3 cm³/mol. The van der Waals surface area contributed by atoms with Crippen LogP contribution in [0.1, 0.15) is 23.0 Å². The molecular weight excluding hydrogens is 204 g/mol. The summed E-state index contributed by atoms with van der Waals surface area (Å²) in [5.41, 5.74) is 4.21. The van der Waals surface area contributed by atoms with Crippen molar-refractivity contribution in [1.82, 2.24) is 15.4 Å². The van der Waals surface area contributed by atoms with Gasteiger partial charge in [0.15, 0.2) is 0 Å². The number of hydrazine groups is 1. The number of hydrogen-bond donors (Lipinski definition) is 2. The summed E-state index contributed by atoms with van der Waals surface area (Å²) in [4.78, 5) is 16.1. The van der Waals surface area contributed by atoms with Gasteiger partial charge in [-0.15, -0.1) is 0 Å². The summed E-state index contributed by atoms with van der Waals surface area (Å²) in [6, 6.07) is 3.54. The fourth-order valence-corrected chi connectivity index (χ4v) is 1.30.